The second-order valence-corrected chi connectivity index (χ2v) is 10.5. The SMILES string of the molecule is COc1ccccc1N1CCN(C(=O)COc2ccc(S(=O)(=O)Nc3ccc(Br)cc3)cc2)CC1. The number of nitrogens with zero attached hydrogens (tertiary/aromatic N) is 2. The molecular formula is C25H26BrN3O5S. The lowest BCUT2D eigenvalue weighted by Gasteiger charge is -2.36. The minimum absolute atomic E-state index is 0.103. The molecule has 35 heavy (non-hydrogen) atoms. The molecule has 1 aliphatic rings. The molecule has 1 heterocycles. The monoisotopic (exact) mass is 559 g/mol. The number of rotatable bonds is 8. The molecule has 1 fully saturated rings. The summed E-state index contributed by atoms with van der Waals surface area (Å²) >= 11 is 3.32. The lowest BCUT2D eigenvalue weighted by atomic mass is 10.2. The molecule has 10 heteroatoms. The third-order valence-electron chi connectivity index (χ3n) is 5.65. The summed E-state index contributed by atoms with van der Waals surface area (Å²) in [5, 5.41) is 0. The number of hydrogen-bond acceptors (Lipinski definition) is 6. The fourth-order valence-corrected chi connectivity index (χ4v) is 5.09. The number of ether oxygens (including phenoxy) is 2. The second-order valence-electron chi connectivity index (χ2n) is 7.91. The van der Waals surface area contributed by atoms with Crippen molar-refractivity contribution in [1.29, 1.82) is 0 Å². The maximum atomic E-state index is 12.6. The van der Waals surface area contributed by atoms with Crippen LogP contribution in [0.15, 0.2) is 82.2 Å². The molecule has 8 nitrogen and oxygen atoms in total. The minimum Gasteiger partial charge on any atom is -0.495 e. The number of nitrogens with one attached hydrogen (secondary N) is 1. The molecule has 184 valence electrons. The number of piperazine rings is 1. The Hall–Kier alpha value is -3.24. The van der Waals surface area contributed by atoms with Crippen molar-refractivity contribution >= 4 is 43.2 Å². The van der Waals surface area contributed by atoms with E-state index >= 15 is 0 Å². The van der Waals surface area contributed by atoms with Gasteiger partial charge in [0.2, 0.25) is 0 Å². The number of carbonyl (C=O) groups is 1. The van der Waals surface area contributed by atoms with E-state index < -0.39 is 10.0 Å². The van der Waals surface area contributed by atoms with E-state index in [4.69, 9.17) is 9.47 Å². The van der Waals surface area contributed by atoms with Gasteiger partial charge in [0.15, 0.2) is 6.61 Å². The van der Waals surface area contributed by atoms with E-state index in [2.05, 4.69) is 25.6 Å². The van der Waals surface area contributed by atoms with Gasteiger partial charge in [0.25, 0.3) is 15.9 Å². The zero-order valence-corrected chi connectivity index (χ0v) is 21.6. The number of benzene rings is 3. The quantitative estimate of drug-likeness (QED) is 0.449. The van der Waals surface area contributed by atoms with Crippen LogP contribution in [0.2, 0.25) is 0 Å². The van der Waals surface area contributed by atoms with Crippen LogP contribution in [0.25, 0.3) is 0 Å². The molecule has 3 aromatic rings. The molecule has 0 bridgehead atoms. The zero-order valence-electron chi connectivity index (χ0n) is 19.2. The fraction of sp³-hybridized carbons (Fsp3) is 0.240. The van der Waals surface area contributed by atoms with Crippen LogP contribution in [0, 0.1) is 0 Å². The van der Waals surface area contributed by atoms with Crippen LogP contribution in [-0.4, -0.2) is 59.1 Å². The molecule has 0 atom stereocenters. The molecule has 4 rings (SSSR count). The number of carbonyl (C=O) groups excluding carboxylic acids is 1. The molecule has 1 saturated heterocycles. The Bertz CT molecular complexity index is 1260. The Labute approximate surface area is 213 Å². The molecule has 1 N–H and O–H groups in total. The molecule has 0 spiro atoms. The molecule has 0 saturated carbocycles. The average molecular weight is 560 g/mol. The number of anilines is 2. The van der Waals surface area contributed by atoms with Gasteiger partial charge in [-0.3, -0.25) is 9.52 Å². The van der Waals surface area contributed by atoms with Gasteiger partial charge < -0.3 is 19.3 Å². The Balaban J connectivity index is 1.28. The van der Waals surface area contributed by atoms with E-state index in [0.29, 0.717) is 37.6 Å². The molecule has 0 radical (unpaired) electrons. The Morgan fingerprint density at radius 3 is 2.26 bits per heavy atom. The number of halogens is 1. The highest BCUT2D eigenvalue weighted by Crippen LogP contribution is 2.28. The van der Waals surface area contributed by atoms with Crippen LogP contribution in [-0.2, 0) is 14.8 Å². The summed E-state index contributed by atoms with van der Waals surface area (Å²) in [6.45, 7) is 2.45. The van der Waals surface area contributed by atoms with Crippen LogP contribution >= 0.6 is 15.9 Å². The number of hydrogen-bond donors (Lipinski definition) is 1. The Kier molecular flexibility index (Phi) is 7.82. The van der Waals surface area contributed by atoms with Crippen molar-refractivity contribution in [2.24, 2.45) is 0 Å². The summed E-state index contributed by atoms with van der Waals surface area (Å²) in [5.74, 6) is 1.12. The van der Waals surface area contributed by atoms with Crippen molar-refractivity contribution < 1.29 is 22.7 Å². The molecular weight excluding hydrogens is 534 g/mol. The molecule has 3 aromatic carbocycles. The van der Waals surface area contributed by atoms with Gasteiger partial charge in [-0.05, 0) is 60.7 Å². The van der Waals surface area contributed by atoms with E-state index in [0.717, 1.165) is 15.9 Å². The summed E-state index contributed by atoms with van der Waals surface area (Å²) in [4.78, 5) is 16.7. The van der Waals surface area contributed by atoms with Crippen molar-refractivity contribution in [2.75, 3.05) is 49.5 Å². The molecule has 0 unspecified atom stereocenters. The van der Waals surface area contributed by atoms with Crippen molar-refractivity contribution in [3.05, 3.63) is 77.3 Å². The molecule has 0 aliphatic carbocycles. The van der Waals surface area contributed by atoms with Crippen LogP contribution in [0.4, 0.5) is 11.4 Å². The topological polar surface area (TPSA) is 88.2 Å². The number of para-hydroxylation sites is 2. The van der Waals surface area contributed by atoms with Crippen molar-refractivity contribution in [1.82, 2.24) is 4.90 Å². The van der Waals surface area contributed by atoms with Gasteiger partial charge >= 0.3 is 0 Å². The first-order valence-corrected chi connectivity index (χ1v) is 13.3. The van der Waals surface area contributed by atoms with E-state index in [-0.39, 0.29) is 17.4 Å². The predicted octanol–water partition coefficient (Wildman–Crippen LogP) is 3.99. The summed E-state index contributed by atoms with van der Waals surface area (Å²) in [5.41, 5.74) is 1.48. The van der Waals surface area contributed by atoms with E-state index in [1.165, 1.54) is 12.1 Å². The maximum absolute atomic E-state index is 12.6. The first-order valence-electron chi connectivity index (χ1n) is 11.0. The number of sulfonamides is 1. The van der Waals surface area contributed by atoms with Gasteiger partial charge in [-0.25, -0.2) is 8.42 Å². The molecule has 1 amide bonds. The molecule has 0 aromatic heterocycles. The minimum atomic E-state index is -3.73. The second kappa shape index (κ2) is 11.0. The van der Waals surface area contributed by atoms with E-state index in [1.807, 2.05) is 24.3 Å². The standard InChI is InChI=1S/C25H26BrN3O5S/c1-33-24-5-3-2-4-23(24)28-14-16-29(17-15-28)25(30)18-34-21-10-12-22(13-11-21)35(31,32)27-20-8-6-19(26)7-9-20/h2-13,27H,14-18H2,1H3. The van der Waals surface area contributed by atoms with E-state index in [9.17, 15) is 13.2 Å². The largest absolute Gasteiger partial charge is 0.495 e. The van der Waals surface area contributed by atoms with Crippen molar-refractivity contribution in [3.63, 3.8) is 0 Å². The van der Waals surface area contributed by atoms with Crippen LogP contribution in [0.1, 0.15) is 0 Å². The van der Waals surface area contributed by atoms with Gasteiger partial charge in [0.1, 0.15) is 11.5 Å². The first kappa shape index (κ1) is 24.9. The number of amides is 1. The normalized spacial score (nSPS) is 13.9. The highest BCUT2D eigenvalue weighted by atomic mass is 79.9. The number of methoxy groups -OCH3 is 1. The van der Waals surface area contributed by atoms with Gasteiger partial charge in [0.05, 0.1) is 17.7 Å². The Morgan fingerprint density at radius 1 is 0.943 bits per heavy atom. The smallest absolute Gasteiger partial charge is 0.261 e. The summed E-state index contributed by atoms with van der Waals surface area (Å²) in [7, 11) is -2.08. The summed E-state index contributed by atoms with van der Waals surface area (Å²) in [6.07, 6.45) is 0. The lowest BCUT2D eigenvalue weighted by Crippen LogP contribution is -2.50. The third kappa shape index (κ3) is 6.26. The van der Waals surface area contributed by atoms with Gasteiger partial charge in [-0.1, -0.05) is 28.1 Å². The summed E-state index contributed by atoms with van der Waals surface area (Å²) < 4.78 is 39.7. The van der Waals surface area contributed by atoms with E-state index in [1.54, 1.807) is 48.4 Å². The van der Waals surface area contributed by atoms with Crippen molar-refractivity contribution in [2.45, 2.75) is 4.90 Å². The fourth-order valence-electron chi connectivity index (χ4n) is 3.77. The van der Waals surface area contributed by atoms with Crippen LogP contribution < -0.4 is 19.1 Å². The maximum Gasteiger partial charge on any atom is 0.261 e. The third-order valence-corrected chi connectivity index (χ3v) is 7.58. The zero-order chi connectivity index (χ0) is 24.8. The van der Waals surface area contributed by atoms with Gasteiger partial charge in [-0.15, -0.1) is 0 Å². The molecule has 1 aliphatic heterocycles. The van der Waals surface area contributed by atoms with Gasteiger partial charge in [0, 0.05) is 36.3 Å². The first-order chi connectivity index (χ1) is 16.9. The summed E-state index contributed by atoms with van der Waals surface area (Å²) in [6, 6.07) is 20.7. The van der Waals surface area contributed by atoms with Crippen LogP contribution in [0.3, 0.4) is 0 Å². The average Bonchev–Trinajstić information content (AvgIpc) is 2.89. The van der Waals surface area contributed by atoms with Crippen LogP contribution in [0.5, 0.6) is 11.5 Å². The predicted molar refractivity (Wildman–Crippen MR) is 139 cm³/mol. The van der Waals surface area contributed by atoms with Crippen molar-refractivity contribution in [3.8, 4) is 11.5 Å². The Morgan fingerprint density at radius 2 is 1.60 bits per heavy atom. The lowest BCUT2D eigenvalue weighted by molar-refractivity contribution is -0.133. The highest BCUT2D eigenvalue weighted by molar-refractivity contribution is 9.10. The van der Waals surface area contributed by atoms with Gasteiger partial charge in [-0.2, -0.15) is 0 Å². The highest BCUT2D eigenvalue weighted by Gasteiger charge is 2.23.